The van der Waals surface area contributed by atoms with Crippen LogP contribution in [0.1, 0.15) is 34.4 Å². The third kappa shape index (κ3) is 3.80. The van der Waals surface area contributed by atoms with Gasteiger partial charge in [0, 0.05) is 5.38 Å². The predicted molar refractivity (Wildman–Crippen MR) is 81.5 cm³/mol. The first-order valence-corrected chi connectivity index (χ1v) is 7.86. The van der Waals surface area contributed by atoms with Gasteiger partial charge in [0.2, 0.25) is 0 Å². The van der Waals surface area contributed by atoms with Crippen LogP contribution < -0.4 is 4.74 Å². The van der Waals surface area contributed by atoms with Crippen molar-refractivity contribution in [1.82, 2.24) is 4.98 Å². The van der Waals surface area contributed by atoms with Crippen LogP contribution in [0, 0.1) is 0 Å². The summed E-state index contributed by atoms with van der Waals surface area (Å²) < 4.78 is 6.28. The van der Waals surface area contributed by atoms with Crippen LogP contribution in [0.3, 0.4) is 0 Å². The van der Waals surface area contributed by atoms with E-state index in [-0.39, 0.29) is 5.56 Å². The van der Waals surface area contributed by atoms with Crippen molar-refractivity contribution < 1.29 is 14.6 Å². The lowest BCUT2D eigenvalue weighted by Gasteiger charge is -2.07. The van der Waals surface area contributed by atoms with E-state index < -0.39 is 5.97 Å². The molecule has 106 valence electrons. The molecule has 0 aliphatic rings. The van der Waals surface area contributed by atoms with Gasteiger partial charge in [-0.25, -0.2) is 9.78 Å². The third-order valence-electron chi connectivity index (χ3n) is 2.62. The maximum Gasteiger partial charge on any atom is 0.335 e. The van der Waals surface area contributed by atoms with Gasteiger partial charge in [0.05, 0.1) is 20.7 Å². The standard InChI is InChI=1S/C14H14BrNO3S/c1-2-3-13-16-10(8-20-13)7-19-12-5-4-9(14(17)18)6-11(12)15/h4-6,8H,2-3,7H2,1H3,(H,17,18). The molecule has 4 nitrogen and oxygen atoms in total. The number of aromatic carboxylic acids is 1. The number of hydrogen-bond acceptors (Lipinski definition) is 4. The minimum atomic E-state index is -0.957. The van der Waals surface area contributed by atoms with Gasteiger partial charge in [0.1, 0.15) is 12.4 Å². The summed E-state index contributed by atoms with van der Waals surface area (Å²) in [5, 5.41) is 12.0. The number of carbonyl (C=O) groups is 1. The van der Waals surface area contributed by atoms with Crippen LogP contribution in [0.5, 0.6) is 5.75 Å². The van der Waals surface area contributed by atoms with E-state index in [1.165, 1.54) is 12.1 Å². The SMILES string of the molecule is CCCc1nc(COc2ccc(C(=O)O)cc2Br)cs1. The number of carboxylic acid groups (broad SMARTS) is 1. The van der Waals surface area contributed by atoms with E-state index in [1.807, 2.05) is 5.38 Å². The van der Waals surface area contributed by atoms with Gasteiger partial charge in [-0.1, -0.05) is 6.92 Å². The van der Waals surface area contributed by atoms with Gasteiger partial charge < -0.3 is 9.84 Å². The van der Waals surface area contributed by atoms with Crippen molar-refractivity contribution in [2.45, 2.75) is 26.4 Å². The average Bonchev–Trinajstić information content (AvgIpc) is 2.85. The zero-order valence-electron chi connectivity index (χ0n) is 10.9. The molecule has 0 saturated carbocycles. The molecule has 0 bridgehead atoms. The molecule has 0 amide bonds. The first-order valence-electron chi connectivity index (χ1n) is 6.19. The number of hydrogen-bond donors (Lipinski definition) is 1. The van der Waals surface area contributed by atoms with Crippen LogP contribution in [0.25, 0.3) is 0 Å². The molecule has 1 heterocycles. The van der Waals surface area contributed by atoms with Gasteiger partial charge >= 0.3 is 5.97 Å². The topological polar surface area (TPSA) is 59.4 Å². The smallest absolute Gasteiger partial charge is 0.335 e. The van der Waals surface area contributed by atoms with Gasteiger partial charge in [-0.2, -0.15) is 0 Å². The monoisotopic (exact) mass is 355 g/mol. The van der Waals surface area contributed by atoms with Crippen molar-refractivity contribution in [1.29, 1.82) is 0 Å². The van der Waals surface area contributed by atoms with E-state index in [1.54, 1.807) is 17.4 Å². The fourth-order valence-corrected chi connectivity index (χ4v) is 3.02. The Labute approximate surface area is 129 Å². The molecule has 0 aliphatic carbocycles. The lowest BCUT2D eigenvalue weighted by molar-refractivity contribution is 0.0696. The average molecular weight is 356 g/mol. The molecular formula is C14H14BrNO3S. The lowest BCUT2D eigenvalue weighted by Crippen LogP contribution is -1.99. The quantitative estimate of drug-likeness (QED) is 0.845. The summed E-state index contributed by atoms with van der Waals surface area (Å²) in [5.74, 6) is -0.346. The fourth-order valence-electron chi connectivity index (χ4n) is 1.65. The molecule has 1 aromatic carbocycles. The highest BCUT2D eigenvalue weighted by Crippen LogP contribution is 2.27. The summed E-state index contributed by atoms with van der Waals surface area (Å²) in [5.41, 5.74) is 1.12. The summed E-state index contributed by atoms with van der Waals surface area (Å²) in [6.45, 7) is 2.50. The molecular weight excluding hydrogens is 342 g/mol. The van der Waals surface area contributed by atoms with Crippen LogP contribution in [-0.4, -0.2) is 16.1 Å². The van der Waals surface area contributed by atoms with Gasteiger partial charge in [-0.05, 0) is 47.0 Å². The Bertz CT molecular complexity index is 612. The Balaban J connectivity index is 2.01. The number of nitrogens with zero attached hydrogens (tertiary/aromatic N) is 1. The van der Waals surface area contributed by atoms with Crippen molar-refractivity contribution in [2.75, 3.05) is 0 Å². The number of aryl methyl sites for hydroxylation is 1. The lowest BCUT2D eigenvalue weighted by atomic mass is 10.2. The molecule has 2 rings (SSSR count). The second kappa shape index (κ2) is 6.85. The molecule has 6 heteroatoms. The van der Waals surface area contributed by atoms with Crippen LogP contribution >= 0.6 is 27.3 Å². The Morgan fingerprint density at radius 1 is 1.50 bits per heavy atom. The highest BCUT2D eigenvalue weighted by molar-refractivity contribution is 9.10. The maximum absolute atomic E-state index is 10.8. The first kappa shape index (κ1) is 15.0. The van der Waals surface area contributed by atoms with E-state index in [9.17, 15) is 4.79 Å². The Hall–Kier alpha value is -1.40. The first-order chi connectivity index (χ1) is 9.60. The Morgan fingerprint density at radius 2 is 2.30 bits per heavy atom. The molecule has 1 N–H and O–H groups in total. The molecule has 0 saturated heterocycles. The van der Waals surface area contributed by atoms with Crippen molar-refractivity contribution in [2.24, 2.45) is 0 Å². The fraction of sp³-hybridized carbons (Fsp3) is 0.286. The van der Waals surface area contributed by atoms with Gasteiger partial charge in [-0.15, -0.1) is 11.3 Å². The van der Waals surface area contributed by atoms with E-state index in [0.29, 0.717) is 16.8 Å². The molecule has 0 fully saturated rings. The second-order valence-corrected chi connectivity index (χ2v) is 6.02. The van der Waals surface area contributed by atoms with Gasteiger partial charge in [0.15, 0.2) is 0 Å². The van der Waals surface area contributed by atoms with Crippen LogP contribution in [0.15, 0.2) is 28.1 Å². The molecule has 0 unspecified atom stereocenters. The highest BCUT2D eigenvalue weighted by atomic mass is 79.9. The summed E-state index contributed by atoms with van der Waals surface area (Å²) in [4.78, 5) is 15.3. The number of ether oxygens (including phenoxy) is 1. The molecule has 0 spiro atoms. The third-order valence-corrected chi connectivity index (χ3v) is 4.19. The summed E-state index contributed by atoms with van der Waals surface area (Å²) in [6, 6.07) is 4.69. The molecule has 1 aromatic heterocycles. The number of carboxylic acids is 1. The Morgan fingerprint density at radius 3 is 2.95 bits per heavy atom. The minimum absolute atomic E-state index is 0.225. The van der Waals surface area contributed by atoms with E-state index in [4.69, 9.17) is 9.84 Å². The van der Waals surface area contributed by atoms with Crippen LogP contribution in [-0.2, 0) is 13.0 Å². The van der Waals surface area contributed by atoms with E-state index in [0.717, 1.165) is 23.5 Å². The summed E-state index contributed by atoms with van der Waals surface area (Å²) in [7, 11) is 0. The number of thiazole rings is 1. The zero-order valence-corrected chi connectivity index (χ0v) is 13.3. The van der Waals surface area contributed by atoms with Gasteiger partial charge in [0.25, 0.3) is 0 Å². The maximum atomic E-state index is 10.8. The van der Waals surface area contributed by atoms with Crippen molar-refractivity contribution in [3.05, 3.63) is 44.3 Å². The predicted octanol–water partition coefficient (Wildman–Crippen LogP) is 4.14. The number of halogens is 1. The molecule has 0 atom stereocenters. The van der Waals surface area contributed by atoms with Gasteiger partial charge in [-0.3, -0.25) is 0 Å². The zero-order chi connectivity index (χ0) is 14.5. The summed E-state index contributed by atoms with van der Waals surface area (Å²) >= 11 is 4.95. The van der Waals surface area contributed by atoms with Crippen molar-refractivity contribution in [3.63, 3.8) is 0 Å². The molecule has 0 radical (unpaired) electrons. The molecule has 0 aliphatic heterocycles. The summed E-state index contributed by atoms with van der Waals surface area (Å²) in [6.07, 6.45) is 2.07. The normalized spacial score (nSPS) is 10.5. The second-order valence-electron chi connectivity index (χ2n) is 4.22. The molecule has 20 heavy (non-hydrogen) atoms. The number of benzene rings is 1. The van der Waals surface area contributed by atoms with Crippen LogP contribution in [0.4, 0.5) is 0 Å². The van der Waals surface area contributed by atoms with Crippen LogP contribution in [0.2, 0.25) is 0 Å². The van der Waals surface area contributed by atoms with E-state index >= 15 is 0 Å². The minimum Gasteiger partial charge on any atom is -0.486 e. The van der Waals surface area contributed by atoms with Crippen molar-refractivity contribution in [3.8, 4) is 5.75 Å². The highest BCUT2D eigenvalue weighted by Gasteiger charge is 2.08. The van der Waals surface area contributed by atoms with Crippen molar-refractivity contribution >= 4 is 33.2 Å². The van der Waals surface area contributed by atoms with E-state index in [2.05, 4.69) is 27.8 Å². The number of rotatable bonds is 6. The molecule has 2 aromatic rings. The Kier molecular flexibility index (Phi) is 5.14. The largest absolute Gasteiger partial charge is 0.486 e. The number of aromatic nitrogens is 1.